The maximum atomic E-state index is 12.6. The van der Waals surface area contributed by atoms with Crippen LogP contribution < -0.4 is 10.2 Å². The van der Waals surface area contributed by atoms with Crippen LogP contribution in [0.2, 0.25) is 5.02 Å². The lowest BCUT2D eigenvalue weighted by atomic mass is 10.1. The molecular weight excluding hydrogens is 380 g/mol. The van der Waals surface area contributed by atoms with E-state index in [9.17, 15) is 9.90 Å². The Bertz CT molecular complexity index is 831. The number of nitrogens with zero attached hydrogens (tertiary/aromatic N) is 3. The van der Waals surface area contributed by atoms with Gasteiger partial charge in [-0.2, -0.15) is 0 Å². The second-order valence-corrected chi connectivity index (χ2v) is 7.46. The third-order valence-corrected chi connectivity index (χ3v) is 5.17. The number of urea groups is 1. The Kier molecular flexibility index (Phi) is 6.39. The first-order valence-electron chi connectivity index (χ1n) is 9.22. The number of pyridine rings is 1. The molecule has 2 heterocycles. The second kappa shape index (κ2) is 8.77. The quantitative estimate of drug-likeness (QED) is 0.729. The lowest BCUT2D eigenvalue weighted by molar-refractivity contribution is 0.0953. The molecule has 8 heteroatoms. The fourth-order valence-electron chi connectivity index (χ4n) is 3.25. The van der Waals surface area contributed by atoms with Crippen LogP contribution in [0.25, 0.3) is 0 Å². The van der Waals surface area contributed by atoms with E-state index in [1.165, 1.54) is 6.20 Å². The number of aryl methyl sites for hydroxylation is 1. The van der Waals surface area contributed by atoms with Crippen molar-refractivity contribution in [1.29, 1.82) is 0 Å². The molecule has 2 aromatic rings. The van der Waals surface area contributed by atoms with Gasteiger partial charge in [-0.15, -0.1) is 0 Å². The monoisotopic (exact) mass is 404 g/mol. The van der Waals surface area contributed by atoms with Gasteiger partial charge in [-0.25, -0.2) is 9.78 Å². The average Bonchev–Trinajstić information content (AvgIpc) is 2.68. The third kappa shape index (κ3) is 4.55. The number of rotatable bonds is 4. The van der Waals surface area contributed by atoms with Crippen LogP contribution in [0.15, 0.2) is 36.5 Å². The highest BCUT2D eigenvalue weighted by Crippen LogP contribution is 2.28. The van der Waals surface area contributed by atoms with Crippen LogP contribution in [-0.2, 0) is 0 Å². The van der Waals surface area contributed by atoms with Crippen LogP contribution in [0.5, 0.6) is 0 Å². The summed E-state index contributed by atoms with van der Waals surface area (Å²) in [5.74, 6) is 0.612. The topological polar surface area (TPSA) is 88.9 Å². The number of halogens is 1. The first-order valence-corrected chi connectivity index (χ1v) is 9.60. The zero-order chi connectivity index (χ0) is 20.3. The van der Waals surface area contributed by atoms with Gasteiger partial charge in [0, 0.05) is 43.1 Å². The number of aliphatic hydroxyl groups excluding tert-OH is 2. The van der Waals surface area contributed by atoms with Crippen molar-refractivity contribution in [3.8, 4) is 0 Å². The number of hydrogen-bond donors (Lipinski definition) is 3. The van der Waals surface area contributed by atoms with Crippen LogP contribution in [0.1, 0.15) is 24.2 Å². The minimum atomic E-state index is -1.000. The van der Waals surface area contributed by atoms with Crippen molar-refractivity contribution in [3.05, 3.63) is 52.7 Å². The molecule has 1 aliphatic rings. The van der Waals surface area contributed by atoms with Gasteiger partial charge in [-0.05, 0) is 32.0 Å². The summed E-state index contributed by atoms with van der Waals surface area (Å²) in [7, 11) is 0. The van der Waals surface area contributed by atoms with E-state index < -0.39 is 6.10 Å². The van der Waals surface area contributed by atoms with Gasteiger partial charge in [0.2, 0.25) is 0 Å². The molecule has 1 aliphatic heterocycles. The van der Waals surface area contributed by atoms with Crippen LogP contribution in [0, 0.1) is 6.92 Å². The number of hydrogen-bond acceptors (Lipinski definition) is 5. The number of carbonyl (C=O) groups is 1. The lowest BCUT2D eigenvalue weighted by Gasteiger charge is -2.40. The number of aliphatic hydroxyl groups is 2. The Morgan fingerprint density at radius 2 is 2.07 bits per heavy atom. The van der Waals surface area contributed by atoms with Crippen LogP contribution in [-0.4, -0.2) is 58.4 Å². The number of amides is 2. The summed E-state index contributed by atoms with van der Waals surface area (Å²) >= 11 is 6.34. The highest BCUT2D eigenvalue weighted by Gasteiger charge is 2.29. The third-order valence-electron chi connectivity index (χ3n) is 4.89. The molecule has 0 spiro atoms. The number of piperazine rings is 1. The van der Waals surface area contributed by atoms with Crippen molar-refractivity contribution in [1.82, 2.24) is 9.88 Å². The molecule has 7 nitrogen and oxygen atoms in total. The molecule has 28 heavy (non-hydrogen) atoms. The Labute approximate surface area is 169 Å². The Hall–Kier alpha value is -2.35. The predicted octanol–water partition coefficient (Wildman–Crippen LogP) is 2.81. The summed E-state index contributed by atoms with van der Waals surface area (Å²) in [6.45, 7) is 5.33. The molecule has 3 rings (SSSR count). The molecule has 0 unspecified atom stereocenters. The van der Waals surface area contributed by atoms with Crippen LogP contribution >= 0.6 is 11.6 Å². The highest BCUT2D eigenvalue weighted by molar-refractivity contribution is 6.33. The second-order valence-electron chi connectivity index (χ2n) is 7.06. The molecule has 1 aromatic carbocycles. The van der Waals surface area contributed by atoms with E-state index >= 15 is 0 Å². The molecular formula is C20H25ClN4O3. The number of nitrogens with one attached hydrogen (secondary N) is 1. The summed E-state index contributed by atoms with van der Waals surface area (Å²) in [5.41, 5.74) is 2.38. The van der Waals surface area contributed by atoms with Gasteiger partial charge in [0.1, 0.15) is 11.9 Å². The van der Waals surface area contributed by atoms with Crippen molar-refractivity contribution in [2.75, 3.05) is 36.5 Å². The molecule has 1 saturated heterocycles. The molecule has 2 atom stereocenters. The van der Waals surface area contributed by atoms with E-state index in [0.29, 0.717) is 36.0 Å². The SMILES string of the molecule is Cc1ccc(NC(=O)N2CCN(c3ncc([C@@H](O)CO)cc3Cl)C[C@H]2C)cc1. The Balaban J connectivity index is 1.64. The summed E-state index contributed by atoms with van der Waals surface area (Å²) in [5, 5.41) is 22.1. The van der Waals surface area contributed by atoms with E-state index in [1.807, 2.05) is 43.0 Å². The van der Waals surface area contributed by atoms with Gasteiger partial charge in [0.05, 0.1) is 11.6 Å². The van der Waals surface area contributed by atoms with Gasteiger partial charge >= 0.3 is 6.03 Å². The first kappa shape index (κ1) is 20.4. The van der Waals surface area contributed by atoms with Gasteiger partial charge in [-0.1, -0.05) is 29.3 Å². The maximum absolute atomic E-state index is 12.6. The number of benzene rings is 1. The first-order chi connectivity index (χ1) is 13.4. The van der Waals surface area contributed by atoms with Crippen molar-refractivity contribution in [3.63, 3.8) is 0 Å². The van der Waals surface area contributed by atoms with Gasteiger partial charge in [-0.3, -0.25) is 0 Å². The standard InChI is InChI=1S/C20H25ClN4O3/c1-13-3-5-16(6-4-13)23-20(28)25-8-7-24(11-14(25)2)19-17(21)9-15(10-22-19)18(27)12-26/h3-6,9-10,14,18,26-27H,7-8,11-12H2,1-2H3,(H,23,28)/t14-,18+/m1/s1. The van der Waals surface area contributed by atoms with Gasteiger partial charge in [0.25, 0.3) is 0 Å². The summed E-state index contributed by atoms with van der Waals surface area (Å²) in [6, 6.07) is 9.16. The van der Waals surface area contributed by atoms with Gasteiger partial charge < -0.3 is 25.3 Å². The minimum absolute atomic E-state index is 0.0280. The average molecular weight is 405 g/mol. The summed E-state index contributed by atoms with van der Waals surface area (Å²) in [6.07, 6.45) is 0.517. The zero-order valence-electron chi connectivity index (χ0n) is 16.0. The maximum Gasteiger partial charge on any atom is 0.322 e. The number of aromatic nitrogens is 1. The van der Waals surface area contributed by atoms with Crippen LogP contribution in [0.4, 0.5) is 16.3 Å². The fourth-order valence-corrected chi connectivity index (χ4v) is 3.54. The zero-order valence-corrected chi connectivity index (χ0v) is 16.7. The van der Waals surface area contributed by atoms with Crippen molar-refractivity contribution in [2.24, 2.45) is 0 Å². The molecule has 2 amide bonds. The smallest absolute Gasteiger partial charge is 0.322 e. The largest absolute Gasteiger partial charge is 0.393 e. The molecule has 3 N–H and O–H groups in total. The van der Waals surface area contributed by atoms with E-state index in [2.05, 4.69) is 10.3 Å². The van der Waals surface area contributed by atoms with E-state index in [-0.39, 0.29) is 18.7 Å². The van der Waals surface area contributed by atoms with Gasteiger partial charge in [0.15, 0.2) is 0 Å². The Morgan fingerprint density at radius 1 is 1.36 bits per heavy atom. The summed E-state index contributed by atoms with van der Waals surface area (Å²) < 4.78 is 0. The molecule has 150 valence electrons. The fraction of sp³-hybridized carbons (Fsp3) is 0.400. The normalized spacial score (nSPS) is 18.1. The van der Waals surface area contributed by atoms with Crippen molar-refractivity contribution < 1.29 is 15.0 Å². The minimum Gasteiger partial charge on any atom is -0.393 e. The van der Waals surface area contributed by atoms with Crippen LogP contribution in [0.3, 0.4) is 0 Å². The lowest BCUT2D eigenvalue weighted by Crippen LogP contribution is -2.55. The Morgan fingerprint density at radius 3 is 2.68 bits per heavy atom. The number of carbonyl (C=O) groups excluding carboxylic acids is 1. The number of anilines is 2. The summed E-state index contributed by atoms with van der Waals surface area (Å²) in [4.78, 5) is 20.8. The molecule has 0 saturated carbocycles. The predicted molar refractivity (Wildman–Crippen MR) is 110 cm³/mol. The van der Waals surface area contributed by atoms with Crippen molar-refractivity contribution >= 4 is 29.1 Å². The molecule has 0 bridgehead atoms. The molecule has 1 fully saturated rings. The molecule has 0 aliphatic carbocycles. The highest BCUT2D eigenvalue weighted by atomic mass is 35.5. The van der Waals surface area contributed by atoms with E-state index in [0.717, 1.165) is 11.3 Å². The molecule has 1 aromatic heterocycles. The van der Waals surface area contributed by atoms with E-state index in [1.54, 1.807) is 11.0 Å². The molecule has 0 radical (unpaired) electrons. The van der Waals surface area contributed by atoms with Crippen molar-refractivity contribution in [2.45, 2.75) is 26.0 Å². The van der Waals surface area contributed by atoms with E-state index in [4.69, 9.17) is 16.7 Å².